The number of hydrogen-bond donors (Lipinski definition) is 0. The van der Waals surface area contributed by atoms with Gasteiger partial charge in [-0.3, -0.25) is 0 Å². The standard InChI is InChI=1S/C26H39NO2/c1-4-5-6-7-8-9-10-11-12-13-22-27(23-14-18-25(28-2)19-15-23)24-16-20-26(29-3)21-17-24/h14-21H,4-13,22H2,1-3H3. The summed E-state index contributed by atoms with van der Waals surface area (Å²) in [6, 6.07) is 16.7. The van der Waals surface area contributed by atoms with Gasteiger partial charge >= 0.3 is 0 Å². The topological polar surface area (TPSA) is 21.7 Å². The van der Waals surface area contributed by atoms with Crippen LogP contribution in [0.25, 0.3) is 0 Å². The van der Waals surface area contributed by atoms with E-state index in [1.54, 1.807) is 14.2 Å². The highest BCUT2D eigenvalue weighted by molar-refractivity contribution is 5.64. The van der Waals surface area contributed by atoms with E-state index in [-0.39, 0.29) is 0 Å². The van der Waals surface area contributed by atoms with Crippen molar-refractivity contribution >= 4 is 11.4 Å². The molecule has 0 aliphatic carbocycles. The highest BCUT2D eigenvalue weighted by Gasteiger charge is 2.10. The van der Waals surface area contributed by atoms with Crippen molar-refractivity contribution in [2.75, 3.05) is 25.7 Å². The molecule has 2 aromatic rings. The molecule has 0 atom stereocenters. The van der Waals surface area contributed by atoms with Gasteiger partial charge in [-0.25, -0.2) is 0 Å². The summed E-state index contributed by atoms with van der Waals surface area (Å²) in [6.07, 6.45) is 13.6. The van der Waals surface area contributed by atoms with Gasteiger partial charge in [0.05, 0.1) is 14.2 Å². The first-order valence-electron chi connectivity index (χ1n) is 11.3. The van der Waals surface area contributed by atoms with Gasteiger partial charge < -0.3 is 14.4 Å². The third kappa shape index (κ3) is 8.39. The number of rotatable bonds is 15. The van der Waals surface area contributed by atoms with Gasteiger partial charge in [-0.15, -0.1) is 0 Å². The zero-order valence-corrected chi connectivity index (χ0v) is 18.7. The lowest BCUT2D eigenvalue weighted by Crippen LogP contribution is -2.18. The number of ether oxygens (including phenoxy) is 2. The number of anilines is 2. The maximum Gasteiger partial charge on any atom is 0.119 e. The van der Waals surface area contributed by atoms with Crippen LogP contribution in [-0.4, -0.2) is 20.8 Å². The van der Waals surface area contributed by atoms with Crippen molar-refractivity contribution in [2.24, 2.45) is 0 Å². The predicted octanol–water partition coefficient (Wildman–Crippen LogP) is 7.76. The average Bonchev–Trinajstić information content (AvgIpc) is 2.78. The smallest absolute Gasteiger partial charge is 0.119 e. The van der Waals surface area contributed by atoms with Crippen LogP contribution in [-0.2, 0) is 0 Å². The van der Waals surface area contributed by atoms with Crippen LogP contribution < -0.4 is 14.4 Å². The summed E-state index contributed by atoms with van der Waals surface area (Å²) in [6.45, 7) is 3.30. The number of nitrogens with zero attached hydrogens (tertiary/aromatic N) is 1. The third-order valence-corrected chi connectivity index (χ3v) is 5.50. The molecule has 2 rings (SSSR count). The number of unbranched alkanes of at least 4 members (excludes halogenated alkanes) is 9. The number of benzene rings is 2. The third-order valence-electron chi connectivity index (χ3n) is 5.50. The van der Waals surface area contributed by atoms with Gasteiger partial charge in [0.25, 0.3) is 0 Å². The second-order valence-corrected chi connectivity index (χ2v) is 7.73. The maximum absolute atomic E-state index is 5.32. The molecule has 0 N–H and O–H groups in total. The van der Waals surface area contributed by atoms with E-state index >= 15 is 0 Å². The van der Waals surface area contributed by atoms with E-state index < -0.39 is 0 Å². The van der Waals surface area contributed by atoms with Gasteiger partial charge in [-0.2, -0.15) is 0 Å². The van der Waals surface area contributed by atoms with Gasteiger partial charge in [0.1, 0.15) is 11.5 Å². The first-order valence-corrected chi connectivity index (χ1v) is 11.3. The van der Waals surface area contributed by atoms with Crippen molar-refractivity contribution in [2.45, 2.75) is 71.1 Å². The fraction of sp³-hybridized carbons (Fsp3) is 0.538. The molecule has 0 bridgehead atoms. The summed E-state index contributed by atoms with van der Waals surface area (Å²) in [7, 11) is 3.42. The van der Waals surface area contributed by atoms with Crippen LogP contribution in [0.4, 0.5) is 11.4 Å². The quantitative estimate of drug-likeness (QED) is 0.287. The summed E-state index contributed by atoms with van der Waals surface area (Å²) >= 11 is 0. The first-order chi connectivity index (χ1) is 14.3. The predicted molar refractivity (Wildman–Crippen MR) is 125 cm³/mol. The molecule has 0 unspecified atom stereocenters. The Hall–Kier alpha value is -2.16. The second-order valence-electron chi connectivity index (χ2n) is 7.73. The highest BCUT2D eigenvalue weighted by Crippen LogP contribution is 2.29. The molecule has 3 nitrogen and oxygen atoms in total. The van der Waals surface area contributed by atoms with Crippen molar-refractivity contribution in [3.8, 4) is 11.5 Å². The van der Waals surface area contributed by atoms with Crippen LogP contribution in [0.5, 0.6) is 11.5 Å². The van der Waals surface area contributed by atoms with Crippen LogP contribution in [0, 0.1) is 0 Å². The minimum Gasteiger partial charge on any atom is -0.497 e. The Morgan fingerprint density at radius 1 is 0.552 bits per heavy atom. The molecule has 0 spiro atoms. The fourth-order valence-corrected chi connectivity index (χ4v) is 3.69. The van der Waals surface area contributed by atoms with Crippen LogP contribution in [0.3, 0.4) is 0 Å². The summed E-state index contributed by atoms with van der Waals surface area (Å²) < 4.78 is 10.6. The molecule has 0 aliphatic heterocycles. The van der Waals surface area contributed by atoms with E-state index in [1.807, 2.05) is 24.3 Å². The Labute approximate surface area is 178 Å². The largest absolute Gasteiger partial charge is 0.497 e. The molecule has 0 saturated carbocycles. The molecular formula is C26H39NO2. The lowest BCUT2D eigenvalue weighted by molar-refractivity contribution is 0.415. The van der Waals surface area contributed by atoms with E-state index in [9.17, 15) is 0 Å². The van der Waals surface area contributed by atoms with Crippen LogP contribution in [0.1, 0.15) is 71.1 Å². The van der Waals surface area contributed by atoms with Gasteiger partial charge in [0, 0.05) is 17.9 Å². The van der Waals surface area contributed by atoms with Gasteiger partial charge in [0.2, 0.25) is 0 Å². The second kappa shape index (κ2) is 13.9. The zero-order chi connectivity index (χ0) is 20.7. The molecule has 0 amide bonds. The summed E-state index contributed by atoms with van der Waals surface area (Å²) in [4.78, 5) is 2.39. The minimum absolute atomic E-state index is 0.891. The summed E-state index contributed by atoms with van der Waals surface area (Å²) in [5, 5.41) is 0. The molecule has 0 aromatic heterocycles. The maximum atomic E-state index is 5.32. The minimum atomic E-state index is 0.891. The van der Waals surface area contributed by atoms with E-state index in [1.165, 1.54) is 75.6 Å². The first kappa shape index (κ1) is 23.1. The Morgan fingerprint density at radius 2 is 0.931 bits per heavy atom. The molecular weight excluding hydrogens is 358 g/mol. The monoisotopic (exact) mass is 397 g/mol. The molecule has 29 heavy (non-hydrogen) atoms. The number of methoxy groups -OCH3 is 2. The van der Waals surface area contributed by atoms with E-state index in [0.29, 0.717) is 0 Å². The molecule has 0 heterocycles. The Morgan fingerprint density at radius 3 is 1.31 bits per heavy atom. The lowest BCUT2D eigenvalue weighted by atomic mass is 10.1. The summed E-state index contributed by atoms with van der Waals surface area (Å²) in [5.41, 5.74) is 2.40. The van der Waals surface area contributed by atoms with Crippen molar-refractivity contribution in [1.29, 1.82) is 0 Å². The van der Waals surface area contributed by atoms with Crippen molar-refractivity contribution in [3.05, 3.63) is 48.5 Å². The van der Waals surface area contributed by atoms with Gasteiger partial charge in [0.15, 0.2) is 0 Å². The number of hydrogen-bond acceptors (Lipinski definition) is 3. The normalized spacial score (nSPS) is 10.7. The van der Waals surface area contributed by atoms with E-state index in [0.717, 1.165) is 18.0 Å². The van der Waals surface area contributed by atoms with Gasteiger partial charge in [-0.05, 0) is 55.0 Å². The Balaban J connectivity index is 1.84. The van der Waals surface area contributed by atoms with Crippen molar-refractivity contribution in [3.63, 3.8) is 0 Å². The molecule has 0 radical (unpaired) electrons. The fourth-order valence-electron chi connectivity index (χ4n) is 3.69. The Kier molecular flexibility index (Phi) is 11.1. The molecule has 160 valence electrons. The van der Waals surface area contributed by atoms with Crippen LogP contribution in [0.2, 0.25) is 0 Å². The molecule has 0 fully saturated rings. The molecule has 2 aromatic carbocycles. The zero-order valence-electron chi connectivity index (χ0n) is 18.7. The van der Waals surface area contributed by atoms with E-state index in [2.05, 4.69) is 36.1 Å². The van der Waals surface area contributed by atoms with Crippen molar-refractivity contribution < 1.29 is 9.47 Å². The summed E-state index contributed by atoms with van der Waals surface area (Å²) in [5.74, 6) is 1.78. The average molecular weight is 398 g/mol. The molecule has 3 heteroatoms. The van der Waals surface area contributed by atoms with Gasteiger partial charge in [-0.1, -0.05) is 64.7 Å². The van der Waals surface area contributed by atoms with Crippen LogP contribution in [0.15, 0.2) is 48.5 Å². The highest BCUT2D eigenvalue weighted by atomic mass is 16.5. The van der Waals surface area contributed by atoms with Crippen molar-refractivity contribution in [1.82, 2.24) is 0 Å². The van der Waals surface area contributed by atoms with Crippen LogP contribution >= 0.6 is 0 Å². The Bertz CT molecular complexity index is 604. The molecule has 0 saturated heterocycles. The van der Waals surface area contributed by atoms with E-state index in [4.69, 9.17) is 9.47 Å². The SMILES string of the molecule is CCCCCCCCCCCCN(c1ccc(OC)cc1)c1ccc(OC)cc1. The molecule has 0 aliphatic rings. The lowest BCUT2D eigenvalue weighted by Gasteiger charge is -2.25.